The van der Waals surface area contributed by atoms with Crippen LogP contribution in [0.1, 0.15) is 30.9 Å². The molecule has 106 valence electrons. The van der Waals surface area contributed by atoms with Crippen LogP contribution in [0.3, 0.4) is 0 Å². The zero-order valence-corrected chi connectivity index (χ0v) is 12.4. The molecular weight excluding hydrogens is 236 g/mol. The van der Waals surface area contributed by atoms with Gasteiger partial charge in [-0.15, -0.1) is 0 Å². The van der Waals surface area contributed by atoms with Gasteiger partial charge in [0.1, 0.15) is 5.75 Å². The van der Waals surface area contributed by atoms with Crippen LogP contribution in [0.2, 0.25) is 0 Å². The third-order valence-corrected chi connectivity index (χ3v) is 4.14. The first-order valence-electron chi connectivity index (χ1n) is 7.22. The fraction of sp³-hybridized carbons (Fsp3) is 0.625. The van der Waals surface area contributed by atoms with Gasteiger partial charge in [0.2, 0.25) is 0 Å². The molecule has 1 aromatic carbocycles. The van der Waals surface area contributed by atoms with E-state index in [1.165, 1.54) is 24.8 Å². The van der Waals surface area contributed by atoms with Crippen molar-refractivity contribution in [3.05, 3.63) is 29.8 Å². The Labute approximate surface area is 116 Å². The minimum Gasteiger partial charge on any atom is -0.496 e. The maximum Gasteiger partial charge on any atom is 0.123 e. The molecular formula is C16H26N2O. The molecule has 1 aromatic rings. The standard InChI is InChI=1S/C16H26N2O/c1-18(2)15(12-13-8-10-17-11-9-13)14-6-4-5-7-16(14)19-3/h4-7,13,15,17H,8-12H2,1-3H3. The van der Waals surface area contributed by atoms with Gasteiger partial charge in [0, 0.05) is 11.6 Å². The smallest absolute Gasteiger partial charge is 0.123 e. The topological polar surface area (TPSA) is 24.5 Å². The highest BCUT2D eigenvalue weighted by Crippen LogP contribution is 2.34. The molecule has 2 rings (SSSR count). The molecule has 0 bridgehead atoms. The molecule has 1 unspecified atom stereocenters. The number of para-hydroxylation sites is 1. The third-order valence-electron chi connectivity index (χ3n) is 4.14. The lowest BCUT2D eigenvalue weighted by molar-refractivity contribution is 0.218. The van der Waals surface area contributed by atoms with Gasteiger partial charge in [-0.1, -0.05) is 18.2 Å². The van der Waals surface area contributed by atoms with Crippen LogP contribution < -0.4 is 10.1 Å². The summed E-state index contributed by atoms with van der Waals surface area (Å²) in [4.78, 5) is 2.32. The Hall–Kier alpha value is -1.06. The Morgan fingerprint density at radius 1 is 1.26 bits per heavy atom. The van der Waals surface area contributed by atoms with Crippen LogP contribution in [0, 0.1) is 5.92 Å². The first-order valence-corrected chi connectivity index (χ1v) is 7.22. The van der Waals surface area contributed by atoms with Gasteiger partial charge in [0.15, 0.2) is 0 Å². The number of ether oxygens (including phenoxy) is 1. The number of piperidine rings is 1. The molecule has 0 saturated carbocycles. The molecule has 3 heteroatoms. The van der Waals surface area contributed by atoms with Crippen LogP contribution in [0.4, 0.5) is 0 Å². The number of hydrogen-bond acceptors (Lipinski definition) is 3. The quantitative estimate of drug-likeness (QED) is 0.883. The summed E-state index contributed by atoms with van der Waals surface area (Å²) < 4.78 is 5.53. The van der Waals surface area contributed by atoms with Crippen molar-refractivity contribution in [1.82, 2.24) is 10.2 Å². The van der Waals surface area contributed by atoms with Crippen molar-refractivity contribution in [2.75, 3.05) is 34.3 Å². The van der Waals surface area contributed by atoms with E-state index in [1.54, 1.807) is 7.11 Å². The second kappa shape index (κ2) is 6.92. The Bertz CT molecular complexity index is 386. The molecule has 0 amide bonds. The highest BCUT2D eigenvalue weighted by atomic mass is 16.5. The van der Waals surface area contributed by atoms with Crippen molar-refractivity contribution in [2.24, 2.45) is 5.92 Å². The second-order valence-electron chi connectivity index (χ2n) is 5.65. The predicted molar refractivity (Wildman–Crippen MR) is 79.6 cm³/mol. The Morgan fingerprint density at radius 3 is 2.58 bits per heavy atom. The van der Waals surface area contributed by atoms with Gasteiger partial charge in [-0.05, 0) is 58.4 Å². The van der Waals surface area contributed by atoms with E-state index in [4.69, 9.17) is 4.74 Å². The second-order valence-corrected chi connectivity index (χ2v) is 5.65. The van der Waals surface area contributed by atoms with E-state index in [9.17, 15) is 0 Å². The van der Waals surface area contributed by atoms with E-state index in [0.717, 1.165) is 24.8 Å². The van der Waals surface area contributed by atoms with E-state index in [2.05, 4.69) is 42.5 Å². The Balaban J connectivity index is 2.14. The molecule has 1 heterocycles. The number of nitrogens with zero attached hydrogens (tertiary/aromatic N) is 1. The van der Waals surface area contributed by atoms with Gasteiger partial charge >= 0.3 is 0 Å². The SMILES string of the molecule is COc1ccccc1C(CC1CCNCC1)N(C)C. The molecule has 0 spiro atoms. The van der Waals surface area contributed by atoms with Crippen LogP contribution >= 0.6 is 0 Å². The van der Waals surface area contributed by atoms with Crippen molar-refractivity contribution in [2.45, 2.75) is 25.3 Å². The summed E-state index contributed by atoms with van der Waals surface area (Å²) in [7, 11) is 6.09. The minimum absolute atomic E-state index is 0.444. The van der Waals surface area contributed by atoms with Crippen LogP contribution in [0.5, 0.6) is 5.75 Å². The number of hydrogen-bond donors (Lipinski definition) is 1. The molecule has 1 aliphatic rings. The van der Waals surface area contributed by atoms with E-state index in [0.29, 0.717) is 6.04 Å². The summed E-state index contributed by atoms with van der Waals surface area (Å²) >= 11 is 0. The molecule has 19 heavy (non-hydrogen) atoms. The molecule has 1 N–H and O–H groups in total. The summed E-state index contributed by atoms with van der Waals surface area (Å²) in [5, 5.41) is 3.44. The van der Waals surface area contributed by atoms with Crippen LogP contribution in [0.15, 0.2) is 24.3 Å². The zero-order valence-electron chi connectivity index (χ0n) is 12.4. The Kier molecular flexibility index (Phi) is 5.23. The van der Waals surface area contributed by atoms with Gasteiger partial charge in [0.25, 0.3) is 0 Å². The van der Waals surface area contributed by atoms with Crippen LogP contribution in [-0.2, 0) is 0 Å². The van der Waals surface area contributed by atoms with Crippen molar-refractivity contribution in [3.8, 4) is 5.75 Å². The minimum atomic E-state index is 0.444. The van der Waals surface area contributed by atoms with Gasteiger partial charge in [0.05, 0.1) is 7.11 Å². The maximum absolute atomic E-state index is 5.53. The normalized spacial score (nSPS) is 18.5. The zero-order chi connectivity index (χ0) is 13.7. The lowest BCUT2D eigenvalue weighted by Gasteiger charge is -2.32. The first kappa shape index (κ1) is 14.4. The van der Waals surface area contributed by atoms with Crippen molar-refractivity contribution < 1.29 is 4.74 Å². The highest BCUT2D eigenvalue weighted by Gasteiger charge is 2.23. The van der Waals surface area contributed by atoms with Gasteiger partial charge in [-0.25, -0.2) is 0 Å². The van der Waals surface area contributed by atoms with Gasteiger partial charge in [-0.3, -0.25) is 0 Å². The molecule has 1 fully saturated rings. The average Bonchev–Trinajstić information content (AvgIpc) is 2.45. The van der Waals surface area contributed by atoms with E-state index in [1.807, 2.05) is 6.07 Å². The van der Waals surface area contributed by atoms with Crippen LogP contribution in [-0.4, -0.2) is 39.2 Å². The molecule has 0 radical (unpaired) electrons. The third kappa shape index (κ3) is 3.71. The highest BCUT2D eigenvalue weighted by molar-refractivity contribution is 5.35. The summed E-state index contributed by atoms with van der Waals surface area (Å²) in [5.74, 6) is 1.83. The number of rotatable bonds is 5. The monoisotopic (exact) mass is 262 g/mol. The number of methoxy groups -OCH3 is 1. The number of benzene rings is 1. The summed E-state index contributed by atoms with van der Waals surface area (Å²) in [6, 6.07) is 8.86. The van der Waals surface area contributed by atoms with E-state index in [-0.39, 0.29) is 0 Å². The largest absolute Gasteiger partial charge is 0.496 e. The summed E-state index contributed by atoms with van der Waals surface area (Å²) in [6.45, 7) is 2.33. The first-order chi connectivity index (χ1) is 9.22. The van der Waals surface area contributed by atoms with Crippen molar-refractivity contribution in [1.29, 1.82) is 0 Å². The van der Waals surface area contributed by atoms with Crippen molar-refractivity contribution >= 4 is 0 Å². The molecule has 3 nitrogen and oxygen atoms in total. The van der Waals surface area contributed by atoms with Gasteiger partial charge in [-0.2, -0.15) is 0 Å². The molecule has 0 aliphatic carbocycles. The van der Waals surface area contributed by atoms with E-state index >= 15 is 0 Å². The summed E-state index contributed by atoms with van der Waals surface area (Å²) in [6.07, 6.45) is 3.80. The van der Waals surface area contributed by atoms with Crippen LogP contribution in [0.25, 0.3) is 0 Å². The molecule has 1 saturated heterocycles. The lowest BCUT2D eigenvalue weighted by Crippen LogP contribution is -2.31. The van der Waals surface area contributed by atoms with Gasteiger partial charge < -0.3 is 15.0 Å². The fourth-order valence-electron chi connectivity index (χ4n) is 2.99. The summed E-state index contributed by atoms with van der Waals surface area (Å²) in [5.41, 5.74) is 1.31. The Morgan fingerprint density at radius 2 is 1.95 bits per heavy atom. The molecule has 0 aromatic heterocycles. The van der Waals surface area contributed by atoms with Crippen molar-refractivity contribution in [3.63, 3.8) is 0 Å². The molecule has 1 atom stereocenters. The molecule has 1 aliphatic heterocycles. The van der Waals surface area contributed by atoms with E-state index < -0.39 is 0 Å². The lowest BCUT2D eigenvalue weighted by atomic mass is 9.87. The maximum atomic E-state index is 5.53. The average molecular weight is 262 g/mol. The number of nitrogens with one attached hydrogen (secondary N) is 1. The fourth-order valence-corrected chi connectivity index (χ4v) is 2.99. The predicted octanol–water partition coefficient (Wildman–Crippen LogP) is 2.69.